The average Bonchev–Trinajstić information content (AvgIpc) is 3.01. The first-order valence-corrected chi connectivity index (χ1v) is 7.74. The second-order valence-corrected chi connectivity index (χ2v) is 6.65. The maximum absolute atomic E-state index is 8.74. The molecule has 1 rings (SSSR count). The quantitative estimate of drug-likeness (QED) is 0.453. The van der Waals surface area contributed by atoms with E-state index < -0.39 is 0 Å². The summed E-state index contributed by atoms with van der Waals surface area (Å²) in [6.45, 7) is 10.7. The van der Waals surface area contributed by atoms with E-state index in [1.54, 1.807) is 0 Å². The van der Waals surface area contributed by atoms with Crippen LogP contribution in [0, 0.1) is 17.2 Å². The van der Waals surface area contributed by atoms with Crippen molar-refractivity contribution in [1.82, 2.24) is 0 Å². The van der Waals surface area contributed by atoms with E-state index in [1.807, 2.05) is 6.92 Å². The van der Waals surface area contributed by atoms with Crippen molar-refractivity contribution in [2.75, 3.05) is 0 Å². The van der Waals surface area contributed by atoms with Crippen molar-refractivity contribution in [3.63, 3.8) is 0 Å². The van der Waals surface area contributed by atoms with E-state index in [9.17, 15) is 0 Å². The van der Waals surface area contributed by atoms with Gasteiger partial charge in [-0.1, -0.05) is 23.3 Å². The molecule has 0 N–H and O–H groups in total. The van der Waals surface area contributed by atoms with Crippen LogP contribution in [-0.4, -0.2) is 11.7 Å². The van der Waals surface area contributed by atoms with Crippen LogP contribution in [-0.2, 0) is 4.74 Å². The third-order valence-electron chi connectivity index (χ3n) is 4.04. The third-order valence-corrected chi connectivity index (χ3v) is 4.04. The lowest BCUT2D eigenvalue weighted by Gasteiger charge is -2.03. The number of allylic oxidation sites excluding steroid dienone is 4. The first-order valence-electron chi connectivity index (χ1n) is 7.74. The monoisotopic (exact) mass is 275 g/mol. The van der Waals surface area contributed by atoms with E-state index in [0.717, 1.165) is 32.1 Å². The molecule has 2 heteroatoms. The van der Waals surface area contributed by atoms with Gasteiger partial charge in [0.25, 0.3) is 0 Å². The minimum absolute atomic E-state index is 0.122. The first-order chi connectivity index (χ1) is 9.35. The molecule has 2 atom stereocenters. The lowest BCUT2D eigenvalue weighted by Crippen LogP contribution is -2.02. The summed E-state index contributed by atoms with van der Waals surface area (Å²) in [5.74, 6) is 0.129. The Morgan fingerprint density at radius 3 is 2.40 bits per heavy atom. The number of nitriles is 1. The number of hydrogen-bond acceptors (Lipinski definition) is 2. The zero-order valence-corrected chi connectivity index (χ0v) is 13.7. The molecule has 0 aliphatic carbocycles. The molecule has 1 aliphatic heterocycles. The number of rotatable bonds is 8. The molecule has 0 aromatic rings. The summed E-state index contributed by atoms with van der Waals surface area (Å²) >= 11 is 0. The zero-order valence-electron chi connectivity index (χ0n) is 13.7. The van der Waals surface area contributed by atoms with Crippen molar-refractivity contribution >= 4 is 0 Å². The predicted octanol–water partition coefficient (Wildman–Crippen LogP) is 5.17. The van der Waals surface area contributed by atoms with Gasteiger partial charge in [0, 0.05) is 5.92 Å². The largest absolute Gasteiger partial charge is 0.367 e. The Kier molecular flexibility index (Phi) is 6.49. The SMILES string of the molecule is C/C(=C\CC(C)C#N)CC/C=C(\C)CCC1OC1(C)C. The van der Waals surface area contributed by atoms with Crippen molar-refractivity contribution in [3.05, 3.63) is 23.3 Å². The smallest absolute Gasteiger partial charge is 0.0892 e. The fraction of sp³-hybridized carbons (Fsp3) is 0.722. The van der Waals surface area contributed by atoms with Crippen molar-refractivity contribution in [2.45, 2.75) is 78.4 Å². The molecule has 0 aromatic carbocycles. The summed E-state index contributed by atoms with van der Waals surface area (Å²) in [7, 11) is 0. The van der Waals surface area contributed by atoms with Gasteiger partial charge in [-0.25, -0.2) is 0 Å². The molecule has 0 saturated carbocycles. The predicted molar refractivity (Wildman–Crippen MR) is 84.3 cm³/mol. The summed E-state index contributed by atoms with van der Waals surface area (Å²) in [5, 5.41) is 8.74. The first kappa shape index (κ1) is 17.0. The van der Waals surface area contributed by atoms with Crippen LogP contribution >= 0.6 is 0 Å². The molecule has 1 heterocycles. The Hall–Kier alpha value is -1.07. The van der Waals surface area contributed by atoms with E-state index in [2.05, 4.69) is 45.9 Å². The molecule has 112 valence electrons. The second-order valence-electron chi connectivity index (χ2n) is 6.65. The third kappa shape index (κ3) is 6.39. The molecule has 0 aromatic heterocycles. The summed E-state index contributed by atoms with van der Waals surface area (Å²) < 4.78 is 5.60. The van der Waals surface area contributed by atoms with Crippen LogP contribution in [0.4, 0.5) is 0 Å². The molecule has 1 fully saturated rings. The Labute approximate surface area is 124 Å². The molecule has 1 saturated heterocycles. The number of hydrogen-bond donors (Lipinski definition) is 0. The molecular formula is C18H29NO. The maximum Gasteiger partial charge on any atom is 0.0892 e. The molecule has 0 amide bonds. The molecule has 2 unspecified atom stereocenters. The van der Waals surface area contributed by atoms with Gasteiger partial charge in [-0.2, -0.15) is 5.26 Å². The Balaban J connectivity index is 2.18. The van der Waals surface area contributed by atoms with Crippen LogP contribution in [0.2, 0.25) is 0 Å². The fourth-order valence-corrected chi connectivity index (χ4v) is 2.28. The van der Waals surface area contributed by atoms with Crippen LogP contribution in [0.5, 0.6) is 0 Å². The van der Waals surface area contributed by atoms with Crippen LogP contribution < -0.4 is 0 Å². The lowest BCUT2D eigenvalue weighted by molar-refractivity contribution is 0.320. The van der Waals surface area contributed by atoms with E-state index >= 15 is 0 Å². The van der Waals surface area contributed by atoms with Gasteiger partial charge in [0.05, 0.1) is 17.8 Å². The van der Waals surface area contributed by atoms with Crippen LogP contribution in [0.1, 0.15) is 66.7 Å². The Bertz CT molecular complexity index is 412. The minimum atomic E-state index is 0.122. The van der Waals surface area contributed by atoms with Crippen molar-refractivity contribution in [2.24, 2.45) is 5.92 Å². The average molecular weight is 275 g/mol. The van der Waals surface area contributed by atoms with E-state index in [4.69, 9.17) is 10.00 Å². The second kappa shape index (κ2) is 7.64. The lowest BCUT2D eigenvalue weighted by atomic mass is 10.0. The fourth-order valence-electron chi connectivity index (χ4n) is 2.28. The number of nitrogens with zero attached hydrogens (tertiary/aromatic N) is 1. The van der Waals surface area contributed by atoms with Crippen LogP contribution in [0.3, 0.4) is 0 Å². The molecule has 0 radical (unpaired) electrons. The summed E-state index contributed by atoms with van der Waals surface area (Å²) in [4.78, 5) is 0. The normalized spacial score (nSPS) is 23.3. The molecule has 2 nitrogen and oxygen atoms in total. The number of ether oxygens (including phenoxy) is 1. The van der Waals surface area contributed by atoms with Crippen LogP contribution in [0.15, 0.2) is 23.3 Å². The van der Waals surface area contributed by atoms with Gasteiger partial charge in [0.1, 0.15) is 0 Å². The highest BCUT2D eigenvalue weighted by Crippen LogP contribution is 2.38. The van der Waals surface area contributed by atoms with Crippen molar-refractivity contribution in [3.8, 4) is 6.07 Å². The summed E-state index contributed by atoms with van der Waals surface area (Å²) in [5.41, 5.74) is 2.98. The molecule has 0 bridgehead atoms. The Morgan fingerprint density at radius 2 is 1.85 bits per heavy atom. The van der Waals surface area contributed by atoms with E-state index in [1.165, 1.54) is 11.1 Å². The van der Waals surface area contributed by atoms with Gasteiger partial charge in [0.2, 0.25) is 0 Å². The van der Waals surface area contributed by atoms with E-state index in [0.29, 0.717) is 6.10 Å². The molecule has 1 aliphatic rings. The highest BCUT2D eigenvalue weighted by Gasteiger charge is 2.46. The minimum Gasteiger partial charge on any atom is -0.367 e. The van der Waals surface area contributed by atoms with Gasteiger partial charge in [-0.3, -0.25) is 0 Å². The molecule has 0 spiro atoms. The van der Waals surface area contributed by atoms with E-state index in [-0.39, 0.29) is 11.5 Å². The van der Waals surface area contributed by atoms with Gasteiger partial charge < -0.3 is 4.74 Å². The van der Waals surface area contributed by atoms with Gasteiger partial charge in [0.15, 0.2) is 0 Å². The summed E-state index contributed by atoms with van der Waals surface area (Å²) in [6.07, 6.45) is 10.4. The summed E-state index contributed by atoms with van der Waals surface area (Å²) in [6, 6.07) is 2.27. The van der Waals surface area contributed by atoms with Gasteiger partial charge >= 0.3 is 0 Å². The molecular weight excluding hydrogens is 246 g/mol. The standard InChI is InChI=1S/C18H29NO/c1-14(9-10-16(3)13-19)7-6-8-15(2)11-12-17-18(4,5)20-17/h8-9,16-17H,6-7,10-12H2,1-5H3/b14-9+,15-8+. The maximum atomic E-state index is 8.74. The number of epoxide rings is 1. The highest BCUT2D eigenvalue weighted by molar-refractivity contribution is 5.06. The van der Waals surface area contributed by atoms with Crippen molar-refractivity contribution < 1.29 is 4.74 Å². The topological polar surface area (TPSA) is 36.3 Å². The van der Waals surface area contributed by atoms with Gasteiger partial charge in [-0.15, -0.1) is 0 Å². The zero-order chi connectivity index (χ0) is 15.2. The van der Waals surface area contributed by atoms with Crippen LogP contribution in [0.25, 0.3) is 0 Å². The Morgan fingerprint density at radius 1 is 1.25 bits per heavy atom. The molecule has 20 heavy (non-hydrogen) atoms. The highest BCUT2D eigenvalue weighted by atomic mass is 16.6. The van der Waals surface area contributed by atoms with Gasteiger partial charge in [-0.05, 0) is 66.7 Å². The van der Waals surface area contributed by atoms with Crippen molar-refractivity contribution in [1.29, 1.82) is 5.26 Å².